The van der Waals surface area contributed by atoms with Gasteiger partial charge >= 0.3 is 0 Å². The van der Waals surface area contributed by atoms with Crippen LogP contribution in [0.15, 0.2) is 42.5 Å². The lowest BCUT2D eigenvalue weighted by Gasteiger charge is -2.13. The van der Waals surface area contributed by atoms with Crippen molar-refractivity contribution in [3.8, 4) is 5.75 Å². The molecule has 110 valence electrons. The number of hydrogen-bond acceptors (Lipinski definition) is 3. The molecule has 0 fully saturated rings. The van der Waals surface area contributed by atoms with Gasteiger partial charge in [-0.2, -0.15) is 0 Å². The number of methoxy groups -OCH3 is 1. The summed E-state index contributed by atoms with van der Waals surface area (Å²) < 4.78 is 5.33. The minimum Gasteiger partial charge on any atom is -0.495 e. The highest BCUT2D eigenvalue weighted by molar-refractivity contribution is 5.95. The molecule has 0 aliphatic rings. The van der Waals surface area contributed by atoms with Gasteiger partial charge in [-0.05, 0) is 30.7 Å². The molecule has 0 aliphatic heterocycles. The van der Waals surface area contributed by atoms with Gasteiger partial charge in [-0.15, -0.1) is 0 Å². The highest BCUT2D eigenvalue weighted by Gasteiger charge is 2.08. The molecule has 2 aromatic rings. The number of carbonyl (C=O) groups excluding carboxylic acids is 1. The number of benzene rings is 2. The number of anilines is 1. The molecule has 0 bridgehead atoms. The third-order valence-electron chi connectivity index (χ3n) is 3.25. The summed E-state index contributed by atoms with van der Waals surface area (Å²) in [4.78, 5) is 11.7. The molecule has 0 aliphatic carbocycles. The summed E-state index contributed by atoms with van der Waals surface area (Å²) in [6.07, 6.45) is 0. The topological polar surface area (TPSA) is 50.4 Å². The largest absolute Gasteiger partial charge is 0.495 e. The molecular weight excluding hydrogens is 264 g/mol. The van der Waals surface area contributed by atoms with Crippen LogP contribution in [0.2, 0.25) is 0 Å². The van der Waals surface area contributed by atoms with Gasteiger partial charge < -0.3 is 15.4 Å². The Bertz CT molecular complexity index is 638. The van der Waals surface area contributed by atoms with Crippen LogP contribution in [0.1, 0.15) is 21.5 Å². The minimum atomic E-state index is -0.115. The predicted molar refractivity (Wildman–Crippen MR) is 84.9 cm³/mol. The lowest BCUT2D eigenvalue weighted by Crippen LogP contribution is -2.18. The Balaban J connectivity index is 2.19. The Labute approximate surface area is 125 Å². The number of aryl methyl sites for hydroxylation is 1. The Hall–Kier alpha value is -2.49. The average Bonchev–Trinajstić information content (AvgIpc) is 2.52. The standard InChI is InChI=1S/C17H20N2O2/c1-12-5-4-6-13(9-12)11-19-15-10-14(17(20)18-2)7-8-16(15)21-3/h4-10,19H,11H2,1-3H3,(H,18,20). The van der Waals surface area contributed by atoms with Crippen LogP contribution >= 0.6 is 0 Å². The van der Waals surface area contributed by atoms with Gasteiger partial charge in [0.15, 0.2) is 0 Å². The number of hydrogen-bond donors (Lipinski definition) is 2. The summed E-state index contributed by atoms with van der Waals surface area (Å²) >= 11 is 0. The monoisotopic (exact) mass is 284 g/mol. The number of amides is 1. The van der Waals surface area contributed by atoms with Crippen LogP contribution in [0, 0.1) is 6.92 Å². The first kappa shape index (κ1) is 14.9. The van der Waals surface area contributed by atoms with E-state index in [0.29, 0.717) is 12.1 Å². The van der Waals surface area contributed by atoms with Gasteiger partial charge in [0.1, 0.15) is 5.75 Å². The minimum absolute atomic E-state index is 0.115. The van der Waals surface area contributed by atoms with E-state index < -0.39 is 0 Å². The zero-order chi connectivity index (χ0) is 15.2. The van der Waals surface area contributed by atoms with E-state index >= 15 is 0 Å². The maximum atomic E-state index is 11.7. The summed E-state index contributed by atoms with van der Waals surface area (Å²) in [5, 5.41) is 5.94. The van der Waals surface area contributed by atoms with Crippen LogP contribution in [-0.4, -0.2) is 20.1 Å². The van der Waals surface area contributed by atoms with E-state index in [2.05, 4.69) is 35.8 Å². The maximum Gasteiger partial charge on any atom is 0.251 e. The van der Waals surface area contributed by atoms with Crippen molar-refractivity contribution in [3.63, 3.8) is 0 Å². The second-order valence-electron chi connectivity index (χ2n) is 4.84. The third-order valence-corrected chi connectivity index (χ3v) is 3.25. The molecule has 0 saturated heterocycles. The normalized spacial score (nSPS) is 10.0. The third kappa shape index (κ3) is 3.75. The fraction of sp³-hybridized carbons (Fsp3) is 0.235. The van der Waals surface area contributed by atoms with Gasteiger partial charge in [0.2, 0.25) is 0 Å². The van der Waals surface area contributed by atoms with Gasteiger partial charge in [0.05, 0.1) is 12.8 Å². The lowest BCUT2D eigenvalue weighted by atomic mass is 10.1. The molecule has 0 atom stereocenters. The first-order valence-corrected chi connectivity index (χ1v) is 6.83. The van der Waals surface area contributed by atoms with Crippen molar-refractivity contribution in [1.29, 1.82) is 0 Å². The van der Waals surface area contributed by atoms with Crippen LogP contribution in [0.3, 0.4) is 0 Å². The maximum absolute atomic E-state index is 11.7. The van der Waals surface area contributed by atoms with E-state index in [-0.39, 0.29) is 5.91 Å². The number of ether oxygens (including phenoxy) is 1. The molecule has 4 nitrogen and oxygen atoms in total. The summed E-state index contributed by atoms with van der Waals surface area (Å²) in [5.41, 5.74) is 3.81. The summed E-state index contributed by atoms with van der Waals surface area (Å²) in [5.74, 6) is 0.603. The van der Waals surface area contributed by atoms with E-state index in [1.165, 1.54) is 11.1 Å². The van der Waals surface area contributed by atoms with E-state index in [9.17, 15) is 4.79 Å². The zero-order valence-corrected chi connectivity index (χ0v) is 12.6. The smallest absolute Gasteiger partial charge is 0.251 e. The van der Waals surface area contributed by atoms with Crippen molar-refractivity contribution in [1.82, 2.24) is 5.32 Å². The van der Waals surface area contributed by atoms with Crippen molar-refractivity contribution in [2.24, 2.45) is 0 Å². The SMILES string of the molecule is CNC(=O)c1ccc(OC)c(NCc2cccc(C)c2)c1. The van der Waals surface area contributed by atoms with Crippen molar-refractivity contribution in [2.45, 2.75) is 13.5 Å². The number of nitrogens with one attached hydrogen (secondary N) is 2. The second-order valence-corrected chi connectivity index (χ2v) is 4.84. The Morgan fingerprint density at radius 3 is 2.67 bits per heavy atom. The summed E-state index contributed by atoms with van der Waals surface area (Å²) in [6, 6.07) is 13.6. The molecule has 4 heteroatoms. The van der Waals surface area contributed by atoms with Crippen LogP contribution in [-0.2, 0) is 6.54 Å². The lowest BCUT2D eigenvalue weighted by molar-refractivity contribution is 0.0963. The molecular formula is C17H20N2O2. The molecule has 0 spiro atoms. The predicted octanol–water partition coefficient (Wildman–Crippen LogP) is 2.98. The first-order valence-electron chi connectivity index (χ1n) is 6.83. The highest BCUT2D eigenvalue weighted by atomic mass is 16.5. The summed E-state index contributed by atoms with van der Waals surface area (Å²) in [7, 11) is 3.24. The van der Waals surface area contributed by atoms with E-state index in [4.69, 9.17) is 4.74 Å². The molecule has 0 unspecified atom stereocenters. The molecule has 1 amide bonds. The van der Waals surface area contributed by atoms with Gasteiger partial charge in [0, 0.05) is 19.2 Å². The van der Waals surface area contributed by atoms with Crippen molar-refractivity contribution in [3.05, 3.63) is 59.2 Å². The molecule has 0 saturated carbocycles. The molecule has 0 radical (unpaired) electrons. The van der Waals surface area contributed by atoms with Gasteiger partial charge in [-0.25, -0.2) is 0 Å². The van der Waals surface area contributed by atoms with E-state index in [1.807, 2.05) is 6.07 Å². The van der Waals surface area contributed by atoms with Crippen molar-refractivity contribution < 1.29 is 9.53 Å². The van der Waals surface area contributed by atoms with Gasteiger partial charge in [0.25, 0.3) is 5.91 Å². The molecule has 2 N–H and O–H groups in total. The van der Waals surface area contributed by atoms with Crippen molar-refractivity contribution >= 4 is 11.6 Å². The number of carbonyl (C=O) groups is 1. The Morgan fingerprint density at radius 1 is 1.19 bits per heavy atom. The number of rotatable bonds is 5. The van der Waals surface area contributed by atoms with Gasteiger partial charge in [-0.3, -0.25) is 4.79 Å². The summed E-state index contributed by atoms with van der Waals surface area (Å²) in [6.45, 7) is 2.74. The second kappa shape index (κ2) is 6.79. The average molecular weight is 284 g/mol. The van der Waals surface area contributed by atoms with E-state index in [1.54, 1.807) is 32.4 Å². The Kier molecular flexibility index (Phi) is 4.82. The first-order chi connectivity index (χ1) is 10.1. The molecule has 21 heavy (non-hydrogen) atoms. The molecule has 0 aromatic heterocycles. The van der Waals surface area contributed by atoms with Crippen LogP contribution < -0.4 is 15.4 Å². The van der Waals surface area contributed by atoms with E-state index in [0.717, 1.165) is 11.4 Å². The molecule has 0 heterocycles. The molecule has 2 aromatic carbocycles. The Morgan fingerprint density at radius 2 is 2.00 bits per heavy atom. The van der Waals surface area contributed by atoms with Gasteiger partial charge in [-0.1, -0.05) is 29.8 Å². The fourth-order valence-electron chi connectivity index (χ4n) is 2.15. The quantitative estimate of drug-likeness (QED) is 0.887. The zero-order valence-electron chi connectivity index (χ0n) is 12.6. The fourth-order valence-corrected chi connectivity index (χ4v) is 2.15. The van der Waals surface area contributed by atoms with Crippen LogP contribution in [0.5, 0.6) is 5.75 Å². The van der Waals surface area contributed by atoms with Crippen molar-refractivity contribution in [2.75, 3.05) is 19.5 Å². The molecule has 2 rings (SSSR count). The highest BCUT2D eigenvalue weighted by Crippen LogP contribution is 2.26. The van der Waals surface area contributed by atoms with Crippen LogP contribution in [0.4, 0.5) is 5.69 Å². The van der Waals surface area contributed by atoms with Crippen LogP contribution in [0.25, 0.3) is 0 Å².